The number of H-pyrrole nitrogens is 2. The van der Waals surface area contributed by atoms with Crippen molar-refractivity contribution in [3.05, 3.63) is 59.8 Å². The Balaban J connectivity index is 1.57. The number of nitrogens with zero attached hydrogens (tertiary/aromatic N) is 3. The zero-order chi connectivity index (χ0) is 16.5. The molecular weight excluding hydrogens is 302 g/mol. The molecule has 1 amide bonds. The Morgan fingerprint density at radius 3 is 2.83 bits per heavy atom. The molecule has 24 heavy (non-hydrogen) atoms. The molecule has 3 aromatic rings. The van der Waals surface area contributed by atoms with Gasteiger partial charge in [0.2, 0.25) is 0 Å². The zero-order valence-electron chi connectivity index (χ0n) is 13.5. The molecule has 6 nitrogen and oxygen atoms in total. The van der Waals surface area contributed by atoms with Crippen molar-refractivity contribution in [3.8, 4) is 11.3 Å². The summed E-state index contributed by atoms with van der Waals surface area (Å²) in [7, 11) is 0. The number of nitrogens with one attached hydrogen (secondary N) is 2. The second-order valence-electron chi connectivity index (χ2n) is 6.41. The molecule has 0 saturated carbocycles. The first kappa shape index (κ1) is 14.7. The van der Waals surface area contributed by atoms with Crippen LogP contribution >= 0.6 is 0 Å². The molecule has 1 aromatic carbocycles. The maximum atomic E-state index is 12.9. The maximum Gasteiger partial charge on any atom is 0.254 e. The number of hydrogen-bond donors (Lipinski definition) is 2. The van der Waals surface area contributed by atoms with E-state index in [-0.39, 0.29) is 5.91 Å². The topological polar surface area (TPSA) is 77.7 Å². The van der Waals surface area contributed by atoms with Crippen molar-refractivity contribution >= 4 is 5.91 Å². The first-order chi connectivity index (χ1) is 11.7. The summed E-state index contributed by atoms with van der Waals surface area (Å²) < 4.78 is 0. The van der Waals surface area contributed by atoms with Gasteiger partial charge in [-0.15, -0.1) is 0 Å². The third-order valence-corrected chi connectivity index (χ3v) is 4.48. The number of fused-ring (bicyclic) bond motifs is 1. The van der Waals surface area contributed by atoms with Crippen LogP contribution in [0, 0.1) is 5.92 Å². The fourth-order valence-electron chi connectivity index (χ4n) is 3.25. The first-order valence-electron chi connectivity index (χ1n) is 8.10. The van der Waals surface area contributed by atoms with E-state index in [0.29, 0.717) is 18.0 Å². The second kappa shape index (κ2) is 5.96. The fraction of sp³-hybridized carbons (Fsp3) is 0.278. The van der Waals surface area contributed by atoms with Crippen molar-refractivity contribution in [2.45, 2.75) is 19.9 Å². The number of aromatic amines is 2. The van der Waals surface area contributed by atoms with E-state index in [0.717, 1.165) is 35.5 Å². The van der Waals surface area contributed by atoms with E-state index in [4.69, 9.17) is 0 Å². The van der Waals surface area contributed by atoms with Crippen LogP contribution in [0.25, 0.3) is 11.3 Å². The molecule has 4 rings (SSSR count). The Bertz CT molecular complexity index is 835. The Kier molecular flexibility index (Phi) is 3.65. The van der Waals surface area contributed by atoms with Crippen LogP contribution in [-0.2, 0) is 13.0 Å². The summed E-state index contributed by atoms with van der Waals surface area (Å²) >= 11 is 0. The highest BCUT2D eigenvalue weighted by Gasteiger charge is 2.24. The molecule has 0 bridgehead atoms. The van der Waals surface area contributed by atoms with Crippen LogP contribution in [0.2, 0.25) is 0 Å². The van der Waals surface area contributed by atoms with Crippen molar-refractivity contribution in [2.75, 3.05) is 6.54 Å². The molecule has 1 aliphatic rings. The highest BCUT2D eigenvalue weighted by molar-refractivity contribution is 5.94. The summed E-state index contributed by atoms with van der Waals surface area (Å²) in [5.41, 5.74) is 4.93. The normalized spacial score (nSPS) is 17.4. The molecule has 0 saturated heterocycles. The van der Waals surface area contributed by atoms with Gasteiger partial charge in [0.1, 0.15) is 0 Å². The summed E-state index contributed by atoms with van der Waals surface area (Å²) in [6, 6.07) is 7.66. The molecule has 2 N–H and O–H groups in total. The Morgan fingerprint density at radius 1 is 1.25 bits per heavy atom. The molecule has 0 fully saturated rings. The van der Waals surface area contributed by atoms with E-state index in [1.165, 1.54) is 0 Å². The van der Waals surface area contributed by atoms with E-state index >= 15 is 0 Å². The van der Waals surface area contributed by atoms with Crippen molar-refractivity contribution in [1.82, 2.24) is 25.1 Å². The molecule has 6 heteroatoms. The van der Waals surface area contributed by atoms with Crippen LogP contribution in [0.5, 0.6) is 0 Å². The summed E-state index contributed by atoms with van der Waals surface area (Å²) in [5, 5.41) is 7.17. The number of rotatable bonds is 2. The number of amides is 1. The summed E-state index contributed by atoms with van der Waals surface area (Å²) in [6.07, 6.45) is 6.18. The molecule has 2 aromatic heterocycles. The number of hydrogen-bond acceptors (Lipinski definition) is 3. The van der Waals surface area contributed by atoms with E-state index in [1.807, 2.05) is 35.4 Å². The van der Waals surface area contributed by atoms with Crippen molar-refractivity contribution < 1.29 is 4.79 Å². The lowest BCUT2D eigenvalue weighted by Crippen LogP contribution is -2.33. The van der Waals surface area contributed by atoms with Crippen LogP contribution in [0.3, 0.4) is 0 Å². The molecule has 3 heterocycles. The van der Waals surface area contributed by atoms with Gasteiger partial charge in [-0.3, -0.25) is 9.89 Å². The predicted octanol–water partition coefficient (Wildman–Crippen LogP) is 2.63. The molecule has 122 valence electrons. The van der Waals surface area contributed by atoms with Crippen LogP contribution in [0.1, 0.15) is 28.5 Å². The van der Waals surface area contributed by atoms with Gasteiger partial charge in [0.25, 0.3) is 5.91 Å². The van der Waals surface area contributed by atoms with E-state index in [2.05, 4.69) is 27.1 Å². The second-order valence-corrected chi connectivity index (χ2v) is 6.41. The number of carbonyl (C=O) groups is 1. The molecule has 0 radical (unpaired) electrons. The smallest absolute Gasteiger partial charge is 0.254 e. The highest BCUT2D eigenvalue weighted by atomic mass is 16.2. The number of aromatic nitrogens is 4. The third-order valence-electron chi connectivity index (χ3n) is 4.48. The maximum absolute atomic E-state index is 12.9. The first-order valence-corrected chi connectivity index (χ1v) is 8.10. The fourth-order valence-corrected chi connectivity index (χ4v) is 3.25. The van der Waals surface area contributed by atoms with Gasteiger partial charge >= 0.3 is 0 Å². The van der Waals surface area contributed by atoms with Gasteiger partial charge in [-0.2, -0.15) is 5.10 Å². The number of benzene rings is 1. The lowest BCUT2D eigenvalue weighted by molar-refractivity contribution is 0.0725. The average Bonchev–Trinajstić information content (AvgIpc) is 3.24. The minimum Gasteiger partial charge on any atom is -0.345 e. The van der Waals surface area contributed by atoms with E-state index in [9.17, 15) is 4.79 Å². The lowest BCUT2D eigenvalue weighted by Gasteiger charge is -2.23. The Hall–Kier alpha value is -2.89. The molecule has 0 spiro atoms. The average molecular weight is 321 g/mol. The molecule has 0 aliphatic carbocycles. The van der Waals surface area contributed by atoms with E-state index in [1.54, 1.807) is 12.5 Å². The number of carbonyl (C=O) groups excluding carboxylic acids is 1. The van der Waals surface area contributed by atoms with Crippen LogP contribution in [0.4, 0.5) is 0 Å². The SMILES string of the molecule is CC1Cc2[nH]ncc2CN(C(=O)c2ccc(-c3cnc[nH]3)cc2)C1. The quantitative estimate of drug-likeness (QED) is 0.761. The standard InChI is InChI=1S/C18H19N5O/c1-12-6-16-15(7-21-22-16)10-23(9-12)18(24)14-4-2-13(3-5-14)17-8-19-11-20-17/h2-5,7-8,11-12H,6,9-10H2,1H3,(H,19,20)(H,21,22). The van der Waals surface area contributed by atoms with Crippen LogP contribution in [0.15, 0.2) is 43.0 Å². The van der Waals surface area contributed by atoms with E-state index < -0.39 is 0 Å². The van der Waals surface area contributed by atoms with Gasteiger partial charge in [0, 0.05) is 29.9 Å². The predicted molar refractivity (Wildman–Crippen MR) is 90.2 cm³/mol. The summed E-state index contributed by atoms with van der Waals surface area (Å²) in [5.74, 6) is 0.465. The Morgan fingerprint density at radius 2 is 2.08 bits per heavy atom. The largest absolute Gasteiger partial charge is 0.345 e. The minimum absolute atomic E-state index is 0.0621. The zero-order valence-corrected chi connectivity index (χ0v) is 13.5. The monoisotopic (exact) mass is 321 g/mol. The van der Waals surface area contributed by atoms with Gasteiger partial charge in [-0.25, -0.2) is 4.98 Å². The van der Waals surface area contributed by atoms with Crippen molar-refractivity contribution in [2.24, 2.45) is 5.92 Å². The van der Waals surface area contributed by atoms with Crippen molar-refractivity contribution in [3.63, 3.8) is 0 Å². The molecule has 1 aliphatic heterocycles. The minimum atomic E-state index is 0.0621. The molecule has 1 unspecified atom stereocenters. The van der Waals surface area contributed by atoms with Crippen molar-refractivity contribution in [1.29, 1.82) is 0 Å². The third kappa shape index (κ3) is 2.71. The highest BCUT2D eigenvalue weighted by Crippen LogP contribution is 2.22. The summed E-state index contributed by atoms with van der Waals surface area (Å²) in [6.45, 7) is 3.53. The van der Waals surface area contributed by atoms with Crippen LogP contribution < -0.4 is 0 Å². The van der Waals surface area contributed by atoms with Gasteiger partial charge in [-0.1, -0.05) is 19.1 Å². The summed E-state index contributed by atoms with van der Waals surface area (Å²) in [4.78, 5) is 21.9. The molecular formula is C18H19N5O. The number of imidazole rings is 1. The van der Waals surface area contributed by atoms with Gasteiger partial charge in [-0.05, 0) is 30.0 Å². The lowest BCUT2D eigenvalue weighted by atomic mass is 10.1. The van der Waals surface area contributed by atoms with Gasteiger partial charge in [0.05, 0.1) is 24.4 Å². The molecule has 1 atom stereocenters. The Labute approximate surface area is 139 Å². The van der Waals surface area contributed by atoms with Crippen LogP contribution in [-0.4, -0.2) is 37.5 Å². The van der Waals surface area contributed by atoms with Gasteiger partial charge < -0.3 is 9.88 Å². The van der Waals surface area contributed by atoms with Gasteiger partial charge in [0.15, 0.2) is 0 Å².